The van der Waals surface area contributed by atoms with Gasteiger partial charge in [0.2, 0.25) is 0 Å². The van der Waals surface area contributed by atoms with E-state index in [4.69, 9.17) is 0 Å². The molecule has 0 bridgehead atoms. The summed E-state index contributed by atoms with van der Waals surface area (Å²) in [4.78, 5) is 24.3. The van der Waals surface area contributed by atoms with Crippen LogP contribution in [-0.4, -0.2) is 28.8 Å². The van der Waals surface area contributed by atoms with Crippen molar-refractivity contribution in [2.75, 3.05) is 12.4 Å². The minimum absolute atomic E-state index is 0.270. The Morgan fingerprint density at radius 3 is 2.48 bits per heavy atom. The number of carbonyl (C=O) groups excluding carboxylic acids is 2. The van der Waals surface area contributed by atoms with E-state index in [1.54, 1.807) is 4.68 Å². The van der Waals surface area contributed by atoms with Crippen LogP contribution in [0.5, 0.6) is 0 Å². The van der Waals surface area contributed by atoms with Gasteiger partial charge in [-0.05, 0) is 18.1 Å². The molecule has 1 N–H and O–H groups in total. The SMILES string of the molecule is CCc1c(C(=O)Nc2cc(C(=O)OC)c(F)cc2F)cnn1Cc1ccccc1. The Balaban J connectivity index is 1.87. The number of nitrogens with zero attached hydrogens (tertiary/aromatic N) is 2. The fraction of sp³-hybridized carbons (Fsp3) is 0.190. The van der Waals surface area contributed by atoms with Crippen LogP contribution in [0.3, 0.4) is 0 Å². The summed E-state index contributed by atoms with van der Waals surface area (Å²) in [7, 11) is 1.08. The van der Waals surface area contributed by atoms with Crippen LogP contribution >= 0.6 is 0 Å². The molecule has 2 aromatic carbocycles. The molecule has 0 saturated carbocycles. The minimum Gasteiger partial charge on any atom is -0.465 e. The van der Waals surface area contributed by atoms with Crippen LogP contribution in [-0.2, 0) is 17.7 Å². The Bertz CT molecular complexity index is 1050. The monoisotopic (exact) mass is 399 g/mol. The zero-order valence-corrected chi connectivity index (χ0v) is 15.9. The molecule has 0 radical (unpaired) electrons. The summed E-state index contributed by atoms with van der Waals surface area (Å²) in [5, 5.41) is 6.65. The normalized spacial score (nSPS) is 10.6. The summed E-state index contributed by atoms with van der Waals surface area (Å²) in [6, 6.07) is 11.1. The van der Waals surface area contributed by atoms with Crippen molar-refractivity contribution in [3.05, 3.63) is 82.7 Å². The molecule has 150 valence electrons. The number of hydrogen-bond donors (Lipinski definition) is 1. The number of hydrogen-bond acceptors (Lipinski definition) is 4. The predicted octanol–water partition coefficient (Wildman–Crippen LogP) is 3.81. The van der Waals surface area contributed by atoms with Crippen LogP contribution in [0.25, 0.3) is 0 Å². The van der Waals surface area contributed by atoms with Gasteiger partial charge in [-0.25, -0.2) is 13.6 Å². The van der Waals surface area contributed by atoms with Crippen molar-refractivity contribution in [1.82, 2.24) is 9.78 Å². The predicted molar refractivity (Wildman–Crippen MR) is 103 cm³/mol. The smallest absolute Gasteiger partial charge is 0.340 e. The van der Waals surface area contributed by atoms with Crippen LogP contribution in [0.1, 0.15) is 38.9 Å². The molecule has 0 unspecified atom stereocenters. The maximum Gasteiger partial charge on any atom is 0.340 e. The molecule has 6 nitrogen and oxygen atoms in total. The summed E-state index contributed by atoms with van der Waals surface area (Å²) in [5.74, 6) is -3.65. The number of rotatable bonds is 6. The van der Waals surface area contributed by atoms with Crippen LogP contribution in [0.2, 0.25) is 0 Å². The Hall–Kier alpha value is -3.55. The standard InChI is InChI=1S/C21H19F2N3O3/c1-3-19-15(11-24-26(19)12-13-7-5-4-6-8-13)20(27)25-18-9-14(21(28)29-2)16(22)10-17(18)23/h4-11H,3,12H2,1-2H3,(H,25,27). The number of amides is 1. The highest BCUT2D eigenvalue weighted by atomic mass is 19.1. The maximum atomic E-state index is 14.1. The molecule has 29 heavy (non-hydrogen) atoms. The van der Waals surface area contributed by atoms with E-state index in [1.165, 1.54) is 6.20 Å². The Kier molecular flexibility index (Phi) is 6.01. The van der Waals surface area contributed by atoms with E-state index in [1.807, 2.05) is 37.3 Å². The van der Waals surface area contributed by atoms with Gasteiger partial charge in [-0.1, -0.05) is 37.3 Å². The summed E-state index contributed by atoms with van der Waals surface area (Å²) < 4.78 is 34.1. The van der Waals surface area contributed by atoms with Gasteiger partial charge in [0.15, 0.2) is 0 Å². The summed E-state index contributed by atoms with van der Waals surface area (Å²) >= 11 is 0. The number of nitrogens with one attached hydrogen (secondary N) is 1. The molecule has 1 amide bonds. The number of carbonyl (C=O) groups is 2. The van der Waals surface area contributed by atoms with Gasteiger partial charge in [0.1, 0.15) is 11.6 Å². The number of halogens is 2. The van der Waals surface area contributed by atoms with Gasteiger partial charge >= 0.3 is 5.97 Å². The zero-order valence-electron chi connectivity index (χ0n) is 15.9. The van der Waals surface area contributed by atoms with Gasteiger partial charge < -0.3 is 10.1 Å². The molecule has 3 rings (SSSR count). The molecule has 0 saturated heterocycles. The van der Waals surface area contributed by atoms with Crippen molar-refractivity contribution in [3.8, 4) is 0 Å². The quantitative estimate of drug-likeness (QED) is 0.640. The second-order valence-electron chi connectivity index (χ2n) is 6.26. The fourth-order valence-electron chi connectivity index (χ4n) is 2.97. The third-order valence-corrected chi connectivity index (χ3v) is 4.41. The van der Waals surface area contributed by atoms with Crippen molar-refractivity contribution < 1.29 is 23.1 Å². The van der Waals surface area contributed by atoms with Gasteiger partial charge in [0.25, 0.3) is 5.91 Å². The molecule has 0 aliphatic carbocycles. The number of aromatic nitrogens is 2. The molecule has 0 atom stereocenters. The highest BCUT2D eigenvalue weighted by molar-refractivity contribution is 6.05. The molecule has 8 heteroatoms. The number of ether oxygens (including phenoxy) is 1. The van der Waals surface area contributed by atoms with Crippen molar-refractivity contribution in [2.45, 2.75) is 19.9 Å². The summed E-state index contributed by atoms with van der Waals surface area (Å²) in [6.07, 6.45) is 1.93. The average Bonchev–Trinajstić information content (AvgIpc) is 3.12. The van der Waals surface area contributed by atoms with E-state index in [0.717, 1.165) is 18.7 Å². The number of methoxy groups -OCH3 is 1. The molecule has 3 aromatic rings. The lowest BCUT2D eigenvalue weighted by Gasteiger charge is -2.10. The first-order chi connectivity index (χ1) is 13.9. The van der Waals surface area contributed by atoms with Gasteiger partial charge in [-0.15, -0.1) is 0 Å². The van der Waals surface area contributed by atoms with E-state index in [2.05, 4.69) is 15.2 Å². The molecular weight excluding hydrogens is 380 g/mol. The largest absolute Gasteiger partial charge is 0.465 e. The van der Waals surface area contributed by atoms with Gasteiger partial charge in [-0.2, -0.15) is 5.10 Å². The number of esters is 1. The number of benzene rings is 2. The Morgan fingerprint density at radius 1 is 1.10 bits per heavy atom. The minimum atomic E-state index is -1.07. The van der Waals surface area contributed by atoms with Crippen LogP contribution in [0.4, 0.5) is 14.5 Å². The van der Waals surface area contributed by atoms with Crippen LogP contribution < -0.4 is 5.32 Å². The van der Waals surface area contributed by atoms with E-state index >= 15 is 0 Å². The zero-order chi connectivity index (χ0) is 21.0. The lowest BCUT2D eigenvalue weighted by atomic mass is 10.1. The Morgan fingerprint density at radius 2 is 1.83 bits per heavy atom. The Labute approximate surface area is 166 Å². The van der Waals surface area contributed by atoms with Crippen LogP contribution in [0, 0.1) is 11.6 Å². The fourth-order valence-corrected chi connectivity index (χ4v) is 2.97. The molecule has 0 fully saturated rings. The molecule has 0 aliphatic heterocycles. The van der Waals surface area contributed by atoms with E-state index < -0.39 is 29.1 Å². The lowest BCUT2D eigenvalue weighted by molar-refractivity contribution is 0.0595. The first-order valence-electron chi connectivity index (χ1n) is 8.91. The average molecular weight is 399 g/mol. The van der Waals surface area contributed by atoms with Crippen molar-refractivity contribution >= 4 is 17.6 Å². The first-order valence-corrected chi connectivity index (χ1v) is 8.91. The molecule has 0 spiro atoms. The summed E-state index contributed by atoms with van der Waals surface area (Å²) in [5.41, 5.74) is 1.16. The van der Waals surface area contributed by atoms with Crippen molar-refractivity contribution in [2.24, 2.45) is 0 Å². The van der Waals surface area contributed by atoms with Gasteiger partial charge in [0.05, 0.1) is 42.4 Å². The molecule has 1 heterocycles. The lowest BCUT2D eigenvalue weighted by Crippen LogP contribution is -2.17. The van der Waals surface area contributed by atoms with Crippen LogP contribution in [0.15, 0.2) is 48.7 Å². The van der Waals surface area contributed by atoms with E-state index in [9.17, 15) is 18.4 Å². The highest BCUT2D eigenvalue weighted by Crippen LogP contribution is 2.22. The second kappa shape index (κ2) is 8.64. The first kappa shape index (κ1) is 20.2. The van der Waals surface area contributed by atoms with E-state index in [0.29, 0.717) is 24.7 Å². The second-order valence-corrected chi connectivity index (χ2v) is 6.26. The molecule has 1 aromatic heterocycles. The molecule has 0 aliphatic rings. The molecular formula is C21H19F2N3O3. The third-order valence-electron chi connectivity index (χ3n) is 4.41. The topological polar surface area (TPSA) is 73.2 Å². The van der Waals surface area contributed by atoms with Gasteiger partial charge in [-0.3, -0.25) is 9.48 Å². The summed E-state index contributed by atoms with van der Waals surface area (Å²) in [6.45, 7) is 2.36. The highest BCUT2D eigenvalue weighted by Gasteiger charge is 2.21. The van der Waals surface area contributed by atoms with E-state index in [-0.39, 0.29) is 11.3 Å². The van der Waals surface area contributed by atoms with Crippen molar-refractivity contribution in [1.29, 1.82) is 0 Å². The third kappa shape index (κ3) is 4.31. The van der Waals surface area contributed by atoms with Gasteiger partial charge in [0, 0.05) is 6.07 Å². The van der Waals surface area contributed by atoms with Crippen molar-refractivity contribution in [3.63, 3.8) is 0 Å². The maximum absolute atomic E-state index is 14.1. The number of anilines is 1.